The van der Waals surface area contributed by atoms with Crippen molar-refractivity contribution in [2.24, 2.45) is 0 Å². The summed E-state index contributed by atoms with van der Waals surface area (Å²) in [5, 5.41) is 11.5. The van der Waals surface area contributed by atoms with Crippen LogP contribution in [0.15, 0.2) is 59.6 Å². The van der Waals surface area contributed by atoms with Crippen LogP contribution in [0.3, 0.4) is 0 Å². The molecule has 7 nitrogen and oxygen atoms in total. The first kappa shape index (κ1) is 15.8. The average Bonchev–Trinajstić information content (AvgIpc) is 2.55. The number of hydrogen-bond donors (Lipinski definition) is 1. The van der Waals surface area contributed by atoms with Crippen LogP contribution in [0.5, 0.6) is 0 Å². The van der Waals surface area contributed by atoms with Crippen molar-refractivity contribution in [1.29, 1.82) is 0 Å². The molecule has 0 atom stereocenters. The molecule has 24 heavy (non-hydrogen) atoms. The number of fused-ring (bicyclic) bond motifs is 1. The summed E-state index contributed by atoms with van der Waals surface area (Å²) in [5.74, 6) is -1.08. The molecule has 1 aromatic heterocycles. The van der Waals surface area contributed by atoms with E-state index in [0.29, 0.717) is 17.0 Å². The van der Waals surface area contributed by atoms with Gasteiger partial charge in [0.2, 0.25) is 0 Å². The fourth-order valence-corrected chi connectivity index (χ4v) is 3.36. The summed E-state index contributed by atoms with van der Waals surface area (Å²) in [6.45, 7) is 0. The van der Waals surface area contributed by atoms with E-state index in [0.717, 1.165) is 12.1 Å². The number of aromatic nitrogens is 1. The molecule has 0 unspecified atom stereocenters. The van der Waals surface area contributed by atoms with Crippen molar-refractivity contribution in [2.45, 2.75) is 4.90 Å². The van der Waals surface area contributed by atoms with Gasteiger partial charge in [-0.25, -0.2) is 12.8 Å². The third-order valence-corrected chi connectivity index (χ3v) is 4.67. The Labute approximate surface area is 136 Å². The molecule has 0 aliphatic heterocycles. The maximum atomic E-state index is 13.9. The number of para-hydroxylation sites is 1. The molecule has 3 rings (SSSR count). The number of sulfonamides is 1. The number of nitrogens with zero attached hydrogens (tertiary/aromatic N) is 2. The van der Waals surface area contributed by atoms with E-state index in [1.54, 1.807) is 24.3 Å². The largest absolute Gasteiger partial charge is 0.277 e. The summed E-state index contributed by atoms with van der Waals surface area (Å²) in [7, 11) is -4.36. The quantitative estimate of drug-likeness (QED) is 0.577. The SMILES string of the molecule is O=[N+]([O-])c1ccc(F)c(S(=O)(=O)Nc2cccc3cccnc23)c1. The third-order valence-electron chi connectivity index (χ3n) is 3.29. The maximum absolute atomic E-state index is 13.9. The Bertz CT molecular complexity index is 1050. The van der Waals surface area contributed by atoms with Crippen LogP contribution < -0.4 is 4.72 Å². The van der Waals surface area contributed by atoms with Gasteiger partial charge in [-0.1, -0.05) is 18.2 Å². The van der Waals surface area contributed by atoms with Crippen LogP contribution in [0.1, 0.15) is 0 Å². The second kappa shape index (κ2) is 5.85. The molecule has 0 saturated carbocycles. The molecule has 0 radical (unpaired) electrons. The molecule has 0 aliphatic carbocycles. The lowest BCUT2D eigenvalue weighted by atomic mass is 10.2. The van der Waals surface area contributed by atoms with Gasteiger partial charge in [0.25, 0.3) is 15.7 Å². The van der Waals surface area contributed by atoms with Gasteiger partial charge in [-0.05, 0) is 18.2 Å². The van der Waals surface area contributed by atoms with Gasteiger partial charge in [-0.3, -0.25) is 19.8 Å². The molecule has 0 fully saturated rings. The Hall–Kier alpha value is -3.07. The smallest absolute Gasteiger partial charge is 0.271 e. The molecule has 1 heterocycles. The lowest BCUT2D eigenvalue weighted by Crippen LogP contribution is -2.15. The fraction of sp³-hybridized carbons (Fsp3) is 0. The van der Waals surface area contributed by atoms with Crippen LogP contribution >= 0.6 is 0 Å². The first-order valence-electron chi connectivity index (χ1n) is 6.69. The molecule has 2 aromatic carbocycles. The van der Waals surface area contributed by atoms with Crippen molar-refractivity contribution < 1.29 is 17.7 Å². The minimum Gasteiger partial charge on any atom is -0.277 e. The normalized spacial score (nSPS) is 11.4. The van der Waals surface area contributed by atoms with Gasteiger partial charge in [-0.2, -0.15) is 0 Å². The topological polar surface area (TPSA) is 102 Å². The van der Waals surface area contributed by atoms with Gasteiger partial charge in [0.05, 0.1) is 16.1 Å². The van der Waals surface area contributed by atoms with Gasteiger partial charge in [0.15, 0.2) is 0 Å². The first-order valence-corrected chi connectivity index (χ1v) is 8.17. The molecule has 3 aromatic rings. The van der Waals surface area contributed by atoms with Gasteiger partial charge < -0.3 is 0 Å². The second-order valence-electron chi connectivity index (χ2n) is 4.86. The zero-order chi connectivity index (χ0) is 17.3. The zero-order valence-electron chi connectivity index (χ0n) is 12.0. The highest BCUT2D eigenvalue weighted by atomic mass is 32.2. The number of pyridine rings is 1. The van der Waals surface area contributed by atoms with Gasteiger partial charge in [-0.15, -0.1) is 0 Å². The summed E-state index contributed by atoms with van der Waals surface area (Å²) in [6, 6.07) is 10.6. The number of halogens is 1. The van der Waals surface area contributed by atoms with Gasteiger partial charge in [0.1, 0.15) is 10.7 Å². The molecular formula is C15H10FN3O4S. The van der Waals surface area contributed by atoms with Crippen molar-refractivity contribution in [1.82, 2.24) is 4.98 Å². The van der Waals surface area contributed by atoms with E-state index >= 15 is 0 Å². The number of rotatable bonds is 4. The highest BCUT2D eigenvalue weighted by Crippen LogP contribution is 2.26. The summed E-state index contributed by atoms with van der Waals surface area (Å²) in [5.41, 5.74) is 0.0150. The fourth-order valence-electron chi connectivity index (χ4n) is 2.20. The molecule has 1 N–H and O–H groups in total. The van der Waals surface area contributed by atoms with E-state index in [1.807, 2.05) is 0 Å². The number of benzene rings is 2. The Balaban J connectivity index is 2.09. The minimum absolute atomic E-state index is 0.152. The number of non-ortho nitro benzene ring substituents is 1. The van der Waals surface area contributed by atoms with Crippen LogP contribution in [-0.2, 0) is 10.0 Å². The van der Waals surface area contributed by atoms with Gasteiger partial charge in [0, 0.05) is 23.7 Å². The standard InChI is InChI=1S/C15H10FN3O4S/c16-12-7-6-11(19(20)21)9-14(12)24(22,23)18-13-5-1-3-10-4-2-8-17-15(10)13/h1-9,18H. The summed E-state index contributed by atoms with van der Waals surface area (Å²) in [4.78, 5) is 13.3. The summed E-state index contributed by atoms with van der Waals surface area (Å²) >= 11 is 0. The Morgan fingerprint density at radius 1 is 1.12 bits per heavy atom. The molecule has 0 saturated heterocycles. The lowest BCUT2D eigenvalue weighted by molar-refractivity contribution is -0.385. The van der Waals surface area contributed by atoms with Crippen LogP contribution in [0.25, 0.3) is 10.9 Å². The molecule has 9 heteroatoms. The maximum Gasteiger partial charge on any atom is 0.271 e. The van der Waals surface area contributed by atoms with Crippen molar-refractivity contribution in [3.05, 3.63) is 70.7 Å². The van der Waals surface area contributed by atoms with Crippen molar-refractivity contribution >= 4 is 32.3 Å². The van der Waals surface area contributed by atoms with Crippen LogP contribution in [-0.4, -0.2) is 18.3 Å². The van der Waals surface area contributed by atoms with E-state index in [1.165, 1.54) is 12.3 Å². The Morgan fingerprint density at radius 2 is 1.88 bits per heavy atom. The number of nitro benzene ring substituents is 1. The molecule has 0 bridgehead atoms. The van der Waals surface area contributed by atoms with Crippen molar-refractivity contribution in [2.75, 3.05) is 4.72 Å². The molecule has 122 valence electrons. The van der Waals surface area contributed by atoms with E-state index in [4.69, 9.17) is 0 Å². The van der Waals surface area contributed by atoms with E-state index in [-0.39, 0.29) is 5.69 Å². The molecular weight excluding hydrogens is 337 g/mol. The molecule has 0 amide bonds. The number of nitrogens with one attached hydrogen (secondary N) is 1. The van der Waals surface area contributed by atoms with E-state index in [9.17, 15) is 22.9 Å². The number of anilines is 1. The molecule has 0 aliphatic rings. The van der Waals surface area contributed by atoms with Crippen LogP contribution in [0, 0.1) is 15.9 Å². The number of nitro groups is 1. The number of hydrogen-bond acceptors (Lipinski definition) is 5. The Morgan fingerprint density at radius 3 is 2.62 bits per heavy atom. The highest BCUT2D eigenvalue weighted by Gasteiger charge is 2.23. The monoisotopic (exact) mass is 347 g/mol. The second-order valence-corrected chi connectivity index (χ2v) is 6.51. The average molecular weight is 347 g/mol. The van der Waals surface area contributed by atoms with Crippen molar-refractivity contribution in [3.8, 4) is 0 Å². The van der Waals surface area contributed by atoms with Crippen LogP contribution in [0.2, 0.25) is 0 Å². The van der Waals surface area contributed by atoms with E-state index < -0.39 is 31.3 Å². The predicted molar refractivity (Wildman–Crippen MR) is 85.6 cm³/mol. The van der Waals surface area contributed by atoms with Gasteiger partial charge >= 0.3 is 0 Å². The van der Waals surface area contributed by atoms with E-state index in [2.05, 4.69) is 9.71 Å². The lowest BCUT2D eigenvalue weighted by Gasteiger charge is -2.10. The van der Waals surface area contributed by atoms with Crippen LogP contribution in [0.4, 0.5) is 15.8 Å². The highest BCUT2D eigenvalue weighted by molar-refractivity contribution is 7.92. The van der Waals surface area contributed by atoms with Crippen molar-refractivity contribution in [3.63, 3.8) is 0 Å². The Kier molecular flexibility index (Phi) is 3.86. The summed E-state index contributed by atoms with van der Waals surface area (Å²) in [6.07, 6.45) is 1.49. The third kappa shape index (κ3) is 2.88. The predicted octanol–water partition coefficient (Wildman–Crippen LogP) is 3.08. The summed E-state index contributed by atoms with van der Waals surface area (Å²) < 4.78 is 41.0. The first-order chi connectivity index (χ1) is 11.4. The zero-order valence-corrected chi connectivity index (χ0v) is 12.8. The molecule has 0 spiro atoms. The minimum atomic E-state index is -4.36.